The van der Waals surface area contributed by atoms with Crippen LogP contribution in [0.15, 0.2) is 11.6 Å². The van der Waals surface area contributed by atoms with Crippen LogP contribution in [0, 0.1) is 40.4 Å². The number of hydrogen-bond acceptors (Lipinski definition) is 4. The van der Waals surface area contributed by atoms with Gasteiger partial charge in [-0.2, -0.15) is 0 Å². The molecule has 5 aliphatic carbocycles. The quantitative estimate of drug-likeness (QED) is 0.530. The molecule has 9 atom stereocenters. The molecule has 4 saturated carbocycles. The Kier molecular flexibility index (Phi) is 4.79. The maximum Gasteiger partial charge on any atom is 0.156 e. The van der Waals surface area contributed by atoms with Crippen LogP contribution in [-0.2, 0) is 9.47 Å². The fourth-order valence-electron chi connectivity index (χ4n) is 8.92. The van der Waals surface area contributed by atoms with Crippen molar-refractivity contribution in [3.63, 3.8) is 0 Å². The molecule has 4 nitrogen and oxygen atoms in total. The largest absolute Gasteiger partial charge is 0.393 e. The number of ether oxygens (including phenoxy) is 2. The van der Waals surface area contributed by atoms with Gasteiger partial charge >= 0.3 is 0 Å². The summed E-state index contributed by atoms with van der Waals surface area (Å²) in [6, 6.07) is 0. The Hall–Kier alpha value is -0.420. The molecule has 0 saturated heterocycles. The predicted molar refractivity (Wildman–Crippen MR) is 112 cm³/mol. The molecule has 0 aromatic heterocycles. The number of allylic oxidation sites excluding steroid dienone is 1. The summed E-state index contributed by atoms with van der Waals surface area (Å²) in [5.74, 6) is 3.23. The minimum Gasteiger partial charge on any atom is -0.393 e. The van der Waals surface area contributed by atoms with Crippen LogP contribution in [0.4, 0.5) is 0 Å². The molecule has 164 valence electrons. The monoisotopic (exact) mass is 404 g/mol. The van der Waals surface area contributed by atoms with Crippen LogP contribution in [0.2, 0.25) is 0 Å². The highest BCUT2D eigenvalue weighted by atomic mass is 16.7. The summed E-state index contributed by atoms with van der Waals surface area (Å²) in [5.41, 5.74) is 1.25. The van der Waals surface area contributed by atoms with Crippen molar-refractivity contribution >= 4 is 0 Å². The fourth-order valence-corrected chi connectivity index (χ4v) is 8.92. The summed E-state index contributed by atoms with van der Waals surface area (Å²) in [5, 5.41) is 22.3. The van der Waals surface area contributed by atoms with Crippen molar-refractivity contribution in [2.24, 2.45) is 40.4 Å². The van der Waals surface area contributed by atoms with E-state index in [9.17, 15) is 10.2 Å². The van der Waals surface area contributed by atoms with Crippen LogP contribution < -0.4 is 0 Å². The Morgan fingerprint density at radius 1 is 1.10 bits per heavy atom. The predicted octanol–water partition coefficient (Wildman–Crippen LogP) is 4.30. The van der Waals surface area contributed by atoms with E-state index in [-0.39, 0.29) is 23.2 Å². The Bertz CT molecular complexity index is 686. The highest BCUT2D eigenvalue weighted by Crippen LogP contribution is 2.77. The van der Waals surface area contributed by atoms with Crippen molar-refractivity contribution in [2.75, 3.05) is 14.2 Å². The second-order valence-electron chi connectivity index (χ2n) is 11.4. The van der Waals surface area contributed by atoms with Gasteiger partial charge in [0, 0.05) is 20.6 Å². The molecule has 4 heteroatoms. The zero-order valence-electron chi connectivity index (χ0n) is 18.7. The van der Waals surface area contributed by atoms with Crippen molar-refractivity contribution in [1.82, 2.24) is 0 Å². The SMILES string of the molecule is COC(CC[C@]1(O)[C@H]2C[C@H]2[C@@H]2[C@H]3CC=C4C[C@@H](O)CC[C@]4(C)[C@@H]3CC[C@@]21C)OC. The first-order valence-electron chi connectivity index (χ1n) is 11.9. The maximum atomic E-state index is 12.1. The molecule has 2 N–H and O–H groups in total. The molecule has 4 fully saturated rings. The van der Waals surface area contributed by atoms with Gasteiger partial charge in [0.2, 0.25) is 0 Å². The zero-order valence-corrected chi connectivity index (χ0v) is 18.7. The van der Waals surface area contributed by atoms with Gasteiger partial charge in [-0.05, 0) is 91.8 Å². The Labute approximate surface area is 176 Å². The smallest absolute Gasteiger partial charge is 0.156 e. The molecule has 0 heterocycles. The summed E-state index contributed by atoms with van der Waals surface area (Å²) in [6.45, 7) is 4.89. The maximum absolute atomic E-state index is 12.1. The van der Waals surface area contributed by atoms with Gasteiger partial charge in [0.1, 0.15) is 0 Å². The lowest BCUT2D eigenvalue weighted by Gasteiger charge is -2.60. The molecular weight excluding hydrogens is 364 g/mol. The molecule has 0 bridgehead atoms. The van der Waals surface area contributed by atoms with Gasteiger partial charge in [0.05, 0.1) is 11.7 Å². The van der Waals surface area contributed by atoms with Crippen LogP contribution in [-0.4, -0.2) is 42.4 Å². The first-order chi connectivity index (χ1) is 13.8. The normalized spacial score (nSPS) is 53.0. The van der Waals surface area contributed by atoms with E-state index in [4.69, 9.17) is 9.47 Å². The lowest BCUT2D eigenvalue weighted by Crippen LogP contribution is -2.56. The lowest BCUT2D eigenvalue weighted by molar-refractivity contribution is -0.165. The molecule has 0 aliphatic heterocycles. The highest BCUT2D eigenvalue weighted by Gasteiger charge is 2.75. The van der Waals surface area contributed by atoms with Crippen molar-refractivity contribution < 1.29 is 19.7 Å². The van der Waals surface area contributed by atoms with Crippen LogP contribution in [0.25, 0.3) is 0 Å². The van der Waals surface area contributed by atoms with Gasteiger partial charge in [0.15, 0.2) is 6.29 Å². The molecule has 0 radical (unpaired) electrons. The first kappa shape index (κ1) is 20.5. The molecule has 0 unspecified atom stereocenters. The Balaban J connectivity index is 1.42. The van der Waals surface area contributed by atoms with Gasteiger partial charge in [0.25, 0.3) is 0 Å². The second-order valence-corrected chi connectivity index (χ2v) is 11.4. The van der Waals surface area contributed by atoms with E-state index in [1.54, 1.807) is 14.2 Å². The van der Waals surface area contributed by atoms with Crippen molar-refractivity contribution in [1.29, 1.82) is 0 Å². The van der Waals surface area contributed by atoms with Crippen LogP contribution in [0.1, 0.15) is 71.6 Å². The summed E-state index contributed by atoms with van der Waals surface area (Å²) in [6.07, 6.45) is 11.4. The summed E-state index contributed by atoms with van der Waals surface area (Å²) >= 11 is 0. The third-order valence-electron chi connectivity index (χ3n) is 10.5. The molecule has 29 heavy (non-hydrogen) atoms. The number of hydrogen-bond donors (Lipinski definition) is 2. The van der Waals surface area contributed by atoms with E-state index in [0.717, 1.165) is 50.9 Å². The summed E-state index contributed by atoms with van der Waals surface area (Å²) < 4.78 is 10.9. The van der Waals surface area contributed by atoms with Crippen molar-refractivity contribution in [3.8, 4) is 0 Å². The number of fused-ring (bicyclic) bond motifs is 7. The molecule has 0 aromatic rings. The molecule has 0 aromatic carbocycles. The number of methoxy groups -OCH3 is 2. The highest BCUT2D eigenvalue weighted by molar-refractivity contribution is 5.29. The van der Waals surface area contributed by atoms with Gasteiger partial charge in [-0.3, -0.25) is 0 Å². The second kappa shape index (κ2) is 6.79. The van der Waals surface area contributed by atoms with Gasteiger partial charge in [-0.25, -0.2) is 0 Å². The van der Waals surface area contributed by atoms with Crippen molar-refractivity contribution in [3.05, 3.63) is 11.6 Å². The van der Waals surface area contributed by atoms with E-state index >= 15 is 0 Å². The average molecular weight is 405 g/mol. The third-order valence-corrected chi connectivity index (χ3v) is 10.5. The summed E-state index contributed by atoms with van der Waals surface area (Å²) in [7, 11) is 3.38. The number of rotatable bonds is 5. The van der Waals surface area contributed by atoms with E-state index in [0.29, 0.717) is 23.7 Å². The lowest BCUT2D eigenvalue weighted by atomic mass is 9.45. The van der Waals surface area contributed by atoms with Crippen LogP contribution in [0.5, 0.6) is 0 Å². The van der Waals surface area contributed by atoms with E-state index < -0.39 is 5.60 Å². The Morgan fingerprint density at radius 3 is 2.59 bits per heavy atom. The van der Waals surface area contributed by atoms with E-state index in [1.165, 1.54) is 18.4 Å². The zero-order chi connectivity index (χ0) is 20.6. The molecule has 0 spiro atoms. The van der Waals surface area contributed by atoms with Gasteiger partial charge in [-0.1, -0.05) is 25.5 Å². The molecule has 5 aliphatic rings. The third kappa shape index (κ3) is 2.71. The minimum atomic E-state index is -0.573. The van der Waals surface area contributed by atoms with E-state index in [1.807, 2.05) is 0 Å². The molecule has 0 amide bonds. The average Bonchev–Trinajstić information content (AvgIpc) is 3.46. The standard InChI is InChI=1S/C25H40O4/c1-23-10-7-16(26)13-15(23)5-6-17-19(23)8-11-24(2)22(17)18-14-20(18)25(24,27)12-9-21(28-3)29-4/h5,16-22,26-27H,6-14H2,1-4H3/t16-,17-,18+,19+,20-,22-,23-,24-,25-/m0/s1. The minimum absolute atomic E-state index is 0.0175. The van der Waals surface area contributed by atoms with Gasteiger partial charge < -0.3 is 19.7 Å². The van der Waals surface area contributed by atoms with Gasteiger partial charge in [-0.15, -0.1) is 0 Å². The van der Waals surface area contributed by atoms with Crippen LogP contribution in [0.3, 0.4) is 0 Å². The summed E-state index contributed by atoms with van der Waals surface area (Å²) in [4.78, 5) is 0. The van der Waals surface area contributed by atoms with Crippen molar-refractivity contribution in [2.45, 2.75) is 89.6 Å². The Morgan fingerprint density at radius 2 is 1.86 bits per heavy atom. The van der Waals surface area contributed by atoms with E-state index in [2.05, 4.69) is 19.9 Å². The number of aliphatic hydroxyl groups is 2. The van der Waals surface area contributed by atoms with Crippen LogP contribution >= 0.6 is 0 Å². The fraction of sp³-hybridized carbons (Fsp3) is 0.920. The number of aliphatic hydroxyl groups excluding tert-OH is 1. The molecule has 5 rings (SSSR count). The molecular formula is C25H40O4. The topological polar surface area (TPSA) is 58.9 Å². The first-order valence-corrected chi connectivity index (χ1v) is 11.9.